The molecule has 1 aliphatic carbocycles. The molecule has 1 aliphatic heterocycles. The summed E-state index contributed by atoms with van der Waals surface area (Å²) in [4.78, 5) is 44.4. The molecule has 1 saturated heterocycles. The quantitative estimate of drug-likeness (QED) is 0.129. The molecule has 7 atom stereocenters. The monoisotopic (exact) mass is 537 g/mol. The molecule has 2 heterocycles. The van der Waals surface area contributed by atoms with E-state index in [2.05, 4.69) is 22.8 Å². The van der Waals surface area contributed by atoms with Crippen LogP contribution in [0.2, 0.25) is 0 Å². The third-order valence-corrected chi connectivity index (χ3v) is 8.53. The van der Waals surface area contributed by atoms with Crippen molar-refractivity contribution in [2.45, 2.75) is 49.7 Å². The number of nitrogens with zero attached hydrogens (tertiary/aromatic N) is 1. The Morgan fingerprint density at radius 2 is 1.85 bits per heavy atom. The minimum atomic E-state index is -5.50. The molecule has 2 aliphatic rings. The third kappa shape index (κ3) is 6.29. The summed E-state index contributed by atoms with van der Waals surface area (Å²) < 4.78 is 55.9. The molecule has 0 aromatic carbocycles. The summed E-state index contributed by atoms with van der Waals surface area (Å²) in [6, 6.07) is -0.126. The molecule has 33 heavy (non-hydrogen) atoms. The number of hydrogen-bond acceptors (Lipinski definition) is 13. The lowest BCUT2D eigenvalue weighted by Crippen LogP contribution is -2.38. The van der Waals surface area contributed by atoms with Gasteiger partial charge >= 0.3 is 29.6 Å². The highest BCUT2D eigenvalue weighted by Crippen LogP contribution is 2.63. The number of phosphoric acid groups is 2. The molecule has 3 rings (SSSR count). The summed E-state index contributed by atoms with van der Waals surface area (Å²) >= 11 is 0. The van der Waals surface area contributed by atoms with Crippen LogP contribution in [0.15, 0.2) is 15.8 Å². The smallest absolute Gasteiger partial charge is 0.387 e. The van der Waals surface area contributed by atoms with Crippen molar-refractivity contribution in [3.05, 3.63) is 32.6 Å². The molecule has 2 fully saturated rings. The second-order valence-corrected chi connectivity index (χ2v) is 11.2. The van der Waals surface area contributed by atoms with E-state index < -0.39 is 66.2 Å². The number of hydrogen-bond donors (Lipinski definition) is 6. The average Bonchev–Trinajstić information content (AvgIpc) is 2.94. The van der Waals surface area contributed by atoms with E-state index in [1.54, 1.807) is 0 Å². The predicted molar refractivity (Wildman–Crippen MR) is 103 cm³/mol. The van der Waals surface area contributed by atoms with Gasteiger partial charge in [0.1, 0.15) is 31.0 Å². The maximum absolute atomic E-state index is 12.2. The Hall–Kier alpha value is -1.16. The van der Waals surface area contributed by atoms with E-state index in [0.717, 1.165) is 19.3 Å². The van der Waals surface area contributed by atoms with Gasteiger partial charge in [0.15, 0.2) is 0 Å². The SMILES string of the molecule is O=c1[nH]c(=O)n(C2CCC2)cc1[C@@H]1O[C@H](CO[P+](=O)OP(=O)(O)OP(=O)(O)OO)[C@@H](O)[C@H]1O. The van der Waals surface area contributed by atoms with Gasteiger partial charge in [-0.3, -0.25) is 19.2 Å². The zero-order valence-corrected chi connectivity index (χ0v) is 19.1. The van der Waals surface area contributed by atoms with Gasteiger partial charge in [0, 0.05) is 16.8 Å². The van der Waals surface area contributed by atoms with Crippen LogP contribution in [-0.2, 0) is 36.3 Å². The van der Waals surface area contributed by atoms with Gasteiger partial charge in [-0.15, -0.1) is 9.20 Å². The molecule has 20 heteroatoms. The van der Waals surface area contributed by atoms with Crippen LogP contribution in [0.3, 0.4) is 0 Å². The minimum absolute atomic E-state index is 0.126. The van der Waals surface area contributed by atoms with Crippen LogP contribution in [0.4, 0.5) is 0 Å². The number of nitrogens with one attached hydrogen (secondary N) is 1. The van der Waals surface area contributed by atoms with E-state index in [1.807, 2.05) is 0 Å². The molecular formula is C13H20N2O15P3+. The number of rotatable bonds is 10. The molecule has 17 nitrogen and oxygen atoms in total. The Labute approximate surface area is 184 Å². The lowest BCUT2D eigenvalue weighted by Gasteiger charge is -2.28. The molecule has 0 spiro atoms. The summed E-state index contributed by atoms with van der Waals surface area (Å²) in [5, 5.41) is 28.6. The van der Waals surface area contributed by atoms with Crippen molar-refractivity contribution in [1.82, 2.24) is 9.55 Å². The van der Waals surface area contributed by atoms with Crippen LogP contribution in [-0.4, -0.2) is 59.7 Å². The molecule has 0 radical (unpaired) electrons. The van der Waals surface area contributed by atoms with Crippen LogP contribution < -0.4 is 11.2 Å². The van der Waals surface area contributed by atoms with Gasteiger partial charge in [-0.05, 0) is 23.6 Å². The zero-order valence-electron chi connectivity index (χ0n) is 16.4. The minimum Gasteiger partial charge on any atom is -0.387 e. The van der Waals surface area contributed by atoms with Crippen LogP contribution in [0.1, 0.15) is 37.0 Å². The highest BCUT2D eigenvalue weighted by Gasteiger charge is 2.48. The van der Waals surface area contributed by atoms with E-state index >= 15 is 0 Å². The lowest BCUT2D eigenvalue weighted by atomic mass is 9.92. The molecule has 0 bridgehead atoms. The second kappa shape index (κ2) is 10.2. The summed E-state index contributed by atoms with van der Waals surface area (Å²) in [6.45, 7) is -0.794. The number of aliphatic hydroxyl groups is 2. The number of aliphatic hydroxyl groups excluding tert-OH is 2. The first kappa shape index (κ1) is 26.4. The van der Waals surface area contributed by atoms with Gasteiger partial charge in [0.2, 0.25) is 0 Å². The van der Waals surface area contributed by atoms with Gasteiger partial charge in [0.05, 0.1) is 5.56 Å². The molecule has 186 valence electrons. The van der Waals surface area contributed by atoms with Crippen molar-refractivity contribution < 1.29 is 61.5 Å². The molecule has 1 aromatic heterocycles. The van der Waals surface area contributed by atoms with E-state index in [9.17, 15) is 38.4 Å². The number of ether oxygens (including phenoxy) is 1. The largest absolute Gasteiger partial charge is 0.708 e. The fraction of sp³-hybridized carbons (Fsp3) is 0.692. The van der Waals surface area contributed by atoms with Gasteiger partial charge in [-0.2, -0.15) is 4.31 Å². The van der Waals surface area contributed by atoms with Crippen LogP contribution in [0.25, 0.3) is 0 Å². The molecule has 1 saturated carbocycles. The van der Waals surface area contributed by atoms with Crippen molar-refractivity contribution >= 4 is 23.9 Å². The van der Waals surface area contributed by atoms with Gasteiger partial charge in [-0.25, -0.2) is 19.2 Å². The number of H-pyrrole nitrogens is 1. The van der Waals surface area contributed by atoms with E-state index in [1.165, 1.54) is 10.8 Å². The van der Waals surface area contributed by atoms with Crippen LogP contribution >= 0.6 is 23.9 Å². The van der Waals surface area contributed by atoms with Gasteiger partial charge < -0.3 is 19.8 Å². The summed E-state index contributed by atoms with van der Waals surface area (Å²) in [5.74, 6) is 0. The highest BCUT2D eigenvalue weighted by atomic mass is 31.3. The molecular weight excluding hydrogens is 517 g/mol. The maximum Gasteiger partial charge on any atom is 0.708 e. The first-order valence-electron chi connectivity index (χ1n) is 9.20. The topological polar surface area (TPSA) is 253 Å². The van der Waals surface area contributed by atoms with Crippen LogP contribution in [0.5, 0.6) is 0 Å². The van der Waals surface area contributed by atoms with E-state index in [0.29, 0.717) is 0 Å². The first-order chi connectivity index (χ1) is 15.3. The Balaban J connectivity index is 1.65. The summed E-state index contributed by atoms with van der Waals surface area (Å²) in [5.41, 5.74) is -1.63. The summed E-state index contributed by atoms with van der Waals surface area (Å²) in [7, 11) is -14.4. The lowest BCUT2D eigenvalue weighted by molar-refractivity contribution is -0.157. The molecule has 6 N–H and O–H groups in total. The third-order valence-electron chi connectivity index (χ3n) is 4.96. The number of aromatic amines is 1. The standard InChI is InChI=1S/C13H19N2O15P3/c16-9-8(5-26-31(21)29-33(24,25)30-32(22,23)28-20)27-11(10(9)17)7-4-15(6-2-1-3-6)13(19)14-12(7)18/h4,6,8-11,16-17H,1-3,5H2,(H3-,14,18,19,20,22,23,24,25)/p+1/t8-,9-,10-,11+/m1/s1. The zero-order chi connectivity index (χ0) is 24.6. The van der Waals surface area contributed by atoms with Crippen molar-refractivity contribution in [1.29, 1.82) is 0 Å². The average molecular weight is 537 g/mol. The van der Waals surface area contributed by atoms with E-state index in [4.69, 9.17) is 14.9 Å². The second-order valence-electron chi connectivity index (χ2n) is 7.11. The maximum atomic E-state index is 12.2. The Kier molecular flexibility index (Phi) is 8.19. The number of aromatic nitrogens is 2. The predicted octanol–water partition coefficient (Wildman–Crippen LogP) is -0.179. The Bertz CT molecular complexity index is 1100. The van der Waals surface area contributed by atoms with Crippen molar-refractivity contribution in [2.75, 3.05) is 6.61 Å². The fourth-order valence-electron chi connectivity index (χ4n) is 3.19. The molecule has 3 unspecified atom stereocenters. The van der Waals surface area contributed by atoms with Crippen molar-refractivity contribution in [3.63, 3.8) is 0 Å². The van der Waals surface area contributed by atoms with Gasteiger partial charge in [0.25, 0.3) is 5.56 Å². The van der Waals surface area contributed by atoms with Gasteiger partial charge in [-0.1, -0.05) is 0 Å². The van der Waals surface area contributed by atoms with E-state index in [-0.39, 0.29) is 11.6 Å². The van der Waals surface area contributed by atoms with Crippen molar-refractivity contribution in [2.24, 2.45) is 0 Å². The normalized spacial score (nSPS) is 29.8. The first-order valence-corrected chi connectivity index (χ1v) is 13.3. The van der Waals surface area contributed by atoms with Crippen LogP contribution in [0, 0.1) is 0 Å². The Morgan fingerprint density at radius 1 is 1.18 bits per heavy atom. The van der Waals surface area contributed by atoms with Crippen molar-refractivity contribution in [3.8, 4) is 0 Å². The summed E-state index contributed by atoms with van der Waals surface area (Å²) in [6.07, 6.45) is -2.54. The molecule has 1 aromatic rings. The molecule has 0 amide bonds. The Morgan fingerprint density at radius 3 is 2.42 bits per heavy atom. The highest BCUT2D eigenvalue weighted by molar-refractivity contribution is 7.64. The fourth-order valence-corrected chi connectivity index (χ4v) is 5.87.